The number of nitrogens with zero attached hydrogens (tertiary/aromatic N) is 3. The molecule has 0 radical (unpaired) electrons. The van der Waals surface area contributed by atoms with Crippen LogP contribution in [0.25, 0.3) is 11.5 Å². The van der Waals surface area contributed by atoms with Crippen molar-refractivity contribution in [3.05, 3.63) is 63.6 Å². The molecule has 1 aromatic carbocycles. The Kier molecular flexibility index (Phi) is 9.79. The van der Waals surface area contributed by atoms with Crippen molar-refractivity contribution < 1.29 is 29.0 Å². The number of nitrogens with one attached hydrogen (secondary N) is 1. The van der Waals surface area contributed by atoms with Crippen LogP contribution in [-0.4, -0.2) is 75.6 Å². The number of piperazine rings is 1. The summed E-state index contributed by atoms with van der Waals surface area (Å²) in [6.45, 7) is 5.30. The number of halogens is 1. The molecule has 0 saturated carbocycles. The fourth-order valence-corrected chi connectivity index (χ4v) is 4.34. The van der Waals surface area contributed by atoms with E-state index in [1.54, 1.807) is 17.6 Å². The van der Waals surface area contributed by atoms with Gasteiger partial charge in [-0.3, -0.25) is 14.6 Å². The molecule has 186 valence electrons. The predicted molar refractivity (Wildman–Crippen MR) is 130 cm³/mol. The lowest BCUT2D eigenvalue weighted by Gasteiger charge is -2.33. The van der Waals surface area contributed by atoms with Gasteiger partial charge in [-0.1, -0.05) is 29.8 Å². The van der Waals surface area contributed by atoms with Crippen LogP contribution >= 0.6 is 22.9 Å². The van der Waals surface area contributed by atoms with Crippen LogP contribution in [0.4, 0.5) is 0 Å². The number of aromatic nitrogens is 1. The minimum Gasteiger partial charge on any atom is -0.473 e. The number of hydrogen-bond donors (Lipinski definition) is 3. The van der Waals surface area contributed by atoms with Gasteiger partial charge in [-0.2, -0.15) is 0 Å². The summed E-state index contributed by atoms with van der Waals surface area (Å²) in [5.41, 5.74) is 1.83. The molecule has 3 heterocycles. The Morgan fingerprint density at radius 2 is 1.71 bits per heavy atom. The lowest BCUT2D eigenvalue weighted by atomic mass is 10.2. The molecule has 3 N–H and O–H groups in total. The molecule has 4 rings (SSSR count). The molecule has 35 heavy (non-hydrogen) atoms. The van der Waals surface area contributed by atoms with Crippen molar-refractivity contribution in [3.8, 4) is 11.5 Å². The highest BCUT2D eigenvalue weighted by Gasteiger charge is 2.20. The first-order chi connectivity index (χ1) is 16.8. The van der Waals surface area contributed by atoms with Crippen LogP contribution in [0.2, 0.25) is 5.02 Å². The van der Waals surface area contributed by atoms with E-state index in [1.165, 1.54) is 0 Å². The number of aliphatic carboxylic acids is 2. The van der Waals surface area contributed by atoms with Crippen LogP contribution in [0.5, 0.6) is 0 Å². The van der Waals surface area contributed by atoms with Crippen LogP contribution in [0.3, 0.4) is 0 Å². The molecule has 0 unspecified atom stereocenters. The second kappa shape index (κ2) is 13.0. The van der Waals surface area contributed by atoms with Crippen molar-refractivity contribution >= 4 is 40.8 Å². The van der Waals surface area contributed by atoms with Gasteiger partial charge in [0.05, 0.1) is 19.4 Å². The number of carboxylic acids is 2. The Balaban J connectivity index is 0.000000509. The summed E-state index contributed by atoms with van der Waals surface area (Å²) in [5, 5.41) is 21.5. The van der Waals surface area contributed by atoms with Crippen molar-refractivity contribution in [1.82, 2.24) is 20.1 Å². The molecule has 1 aliphatic rings. The molecule has 3 aromatic rings. The third kappa shape index (κ3) is 8.48. The Bertz CT molecular complexity index is 1120. The molecule has 10 nitrogen and oxygen atoms in total. The quantitative estimate of drug-likeness (QED) is 0.401. The van der Waals surface area contributed by atoms with Crippen LogP contribution in [0, 0.1) is 0 Å². The predicted octanol–water partition coefficient (Wildman–Crippen LogP) is 2.65. The number of benzene rings is 1. The number of carboxylic acid groups (broad SMARTS) is 2. The zero-order valence-corrected chi connectivity index (χ0v) is 20.3. The second-order valence-corrected chi connectivity index (χ2v) is 8.98. The van der Waals surface area contributed by atoms with Crippen molar-refractivity contribution in [1.29, 1.82) is 0 Å². The Morgan fingerprint density at radius 3 is 2.34 bits per heavy atom. The molecule has 0 bridgehead atoms. The number of hydrogen-bond acceptors (Lipinski definition) is 8. The van der Waals surface area contributed by atoms with Gasteiger partial charge < -0.3 is 19.9 Å². The third-order valence-electron chi connectivity index (χ3n) is 5.13. The van der Waals surface area contributed by atoms with Gasteiger partial charge in [0.15, 0.2) is 5.76 Å². The summed E-state index contributed by atoms with van der Waals surface area (Å²) in [4.78, 5) is 39.7. The lowest BCUT2D eigenvalue weighted by molar-refractivity contribution is -0.159. The monoisotopic (exact) mass is 520 g/mol. The topological polar surface area (TPSA) is 136 Å². The maximum absolute atomic E-state index is 12.3. The fourth-order valence-electron chi connectivity index (χ4n) is 3.31. The van der Waals surface area contributed by atoms with E-state index in [4.69, 9.17) is 35.8 Å². The van der Waals surface area contributed by atoms with Gasteiger partial charge >= 0.3 is 11.9 Å². The van der Waals surface area contributed by atoms with Crippen LogP contribution in [0.15, 0.2) is 52.5 Å². The Hall–Kier alpha value is -3.25. The van der Waals surface area contributed by atoms with Gasteiger partial charge in [-0.05, 0) is 23.8 Å². The second-order valence-electron chi connectivity index (χ2n) is 7.63. The SMILES string of the molecule is O=C(CN1CCN(Cc2nc(-c3ccco3)cs2)CC1)NCc1ccccc1Cl.O=C(O)C(=O)O. The molecular formula is C23H25ClN4O6S. The van der Waals surface area contributed by atoms with E-state index in [0.29, 0.717) is 18.1 Å². The molecule has 2 aromatic heterocycles. The number of amides is 1. The van der Waals surface area contributed by atoms with Crippen molar-refractivity contribution in [3.63, 3.8) is 0 Å². The molecule has 1 saturated heterocycles. The van der Waals surface area contributed by atoms with E-state index in [-0.39, 0.29) is 5.91 Å². The first kappa shape index (κ1) is 26.4. The van der Waals surface area contributed by atoms with Crippen molar-refractivity contribution in [2.24, 2.45) is 0 Å². The largest absolute Gasteiger partial charge is 0.473 e. The van der Waals surface area contributed by atoms with E-state index in [0.717, 1.165) is 54.7 Å². The Morgan fingerprint density at radius 1 is 1.03 bits per heavy atom. The number of thiazole rings is 1. The average molecular weight is 521 g/mol. The summed E-state index contributed by atoms with van der Waals surface area (Å²) < 4.78 is 5.41. The van der Waals surface area contributed by atoms with E-state index in [1.807, 2.05) is 41.8 Å². The summed E-state index contributed by atoms with van der Waals surface area (Å²) >= 11 is 7.79. The first-order valence-corrected chi connectivity index (χ1v) is 12.0. The van der Waals surface area contributed by atoms with Gasteiger partial charge in [0.2, 0.25) is 5.91 Å². The fraction of sp³-hybridized carbons (Fsp3) is 0.304. The smallest absolute Gasteiger partial charge is 0.414 e. The normalized spacial score (nSPS) is 14.1. The molecule has 12 heteroatoms. The van der Waals surface area contributed by atoms with Gasteiger partial charge in [0.1, 0.15) is 10.7 Å². The van der Waals surface area contributed by atoms with E-state index >= 15 is 0 Å². The molecule has 0 aliphatic carbocycles. The summed E-state index contributed by atoms with van der Waals surface area (Å²) in [6.07, 6.45) is 1.66. The van der Waals surface area contributed by atoms with Crippen LogP contribution < -0.4 is 5.32 Å². The van der Waals surface area contributed by atoms with Gasteiger partial charge in [-0.15, -0.1) is 11.3 Å². The highest BCUT2D eigenvalue weighted by atomic mass is 35.5. The maximum Gasteiger partial charge on any atom is 0.414 e. The van der Waals surface area contributed by atoms with Gasteiger partial charge in [0, 0.05) is 43.1 Å². The minimum atomic E-state index is -1.82. The van der Waals surface area contributed by atoms with Crippen molar-refractivity contribution in [2.45, 2.75) is 13.1 Å². The highest BCUT2D eigenvalue weighted by Crippen LogP contribution is 2.23. The van der Waals surface area contributed by atoms with E-state index in [9.17, 15) is 4.79 Å². The summed E-state index contributed by atoms with van der Waals surface area (Å²) in [7, 11) is 0. The zero-order valence-electron chi connectivity index (χ0n) is 18.7. The van der Waals surface area contributed by atoms with E-state index in [2.05, 4.69) is 20.1 Å². The summed E-state index contributed by atoms with van der Waals surface area (Å²) in [6, 6.07) is 11.4. The molecule has 1 fully saturated rings. The minimum absolute atomic E-state index is 0.0291. The standard InChI is InChI=1S/C21H23ClN4O2S.C2H2O4/c22-17-5-2-1-4-16(17)12-23-20(27)13-25-7-9-26(10-8-25)14-21-24-18(15-29-21)19-6-3-11-28-19;3-1(4)2(5)6/h1-6,11,15H,7-10,12-14H2,(H,23,27);(H,3,4)(H,5,6). The molecule has 0 atom stereocenters. The number of carbonyl (C=O) groups is 3. The lowest BCUT2D eigenvalue weighted by Crippen LogP contribution is -2.49. The summed E-state index contributed by atoms with van der Waals surface area (Å²) in [5.74, 6) is -2.81. The average Bonchev–Trinajstić information content (AvgIpc) is 3.52. The number of rotatable bonds is 7. The Labute approximate surface area is 210 Å². The van der Waals surface area contributed by atoms with Gasteiger partial charge in [-0.25, -0.2) is 14.6 Å². The van der Waals surface area contributed by atoms with Gasteiger partial charge in [0.25, 0.3) is 0 Å². The molecular weight excluding hydrogens is 496 g/mol. The number of furan rings is 1. The van der Waals surface area contributed by atoms with Crippen LogP contribution in [0.1, 0.15) is 10.6 Å². The molecule has 1 aliphatic heterocycles. The molecule has 0 spiro atoms. The maximum atomic E-state index is 12.3. The highest BCUT2D eigenvalue weighted by molar-refractivity contribution is 7.09. The van der Waals surface area contributed by atoms with Crippen molar-refractivity contribution in [2.75, 3.05) is 32.7 Å². The molecule has 1 amide bonds. The zero-order chi connectivity index (χ0) is 25.2. The number of carbonyl (C=O) groups excluding carboxylic acids is 1. The third-order valence-corrected chi connectivity index (χ3v) is 6.34. The van der Waals surface area contributed by atoms with Crippen LogP contribution in [-0.2, 0) is 27.5 Å². The van der Waals surface area contributed by atoms with E-state index < -0.39 is 11.9 Å². The first-order valence-electron chi connectivity index (χ1n) is 10.7.